The number of hydrogen-bond acceptors (Lipinski definition) is 4. The number of ketones is 1. The Bertz CT molecular complexity index is 524. The van der Waals surface area contributed by atoms with Crippen LogP contribution in [0.25, 0.3) is 0 Å². The Hall–Kier alpha value is -2.36. The van der Waals surface area contributed by atoms with Crippen molar-refractivity contribution in [2.45, 2.75) is 0 Å². The van der Waals surface area contributed by atoms with Gasteiger partial charge in [-0.3, -0.25) is 9.78 Å². The second-order valence-corrected chi connectivity index (χ2v) is 3.31. The maximum atomic E-state index is 12.0. The van der Waals surface area contributed by atoms with Crippen LogP contribution >= 0.6 is 0 Å². The van der Waals surface area contributed by atoms with Crippen molar-refractivity contribution in [2.24, 2.45) is 0 Å². The van der Waals surface area contributed by atoms with Crippen molar-refractivity contribution in [1.82, 2.24) is 4.98 Å². The molecule has 0 atom stereocenters. The first-order valence-electron chi connectivity index (χ1n) is 4.72. The fourth-order valence-corrected chi connectivity index (χ4v) is 1.40. The van der Waals surface area contributed by atoms with E-state index in [4.69, 9.17) is 5.73 Å². The third kappa shape index (κ3) is 1.72. The molecule has 0 saturated carbocycles. The van der Waals surface area contributed by atoms with Crippen molar-refractivity contribution >= 4 is 11.5 Å². The van der Waals surface area contributed by atoms with Crippen LogP contribution < -0.4 is 5.73 Å². The lowest BCUT2D eigenvalue weighted by molar-refractivity contribution is 0.103. The molecule has 1 aromatic carbocycles. The van der Waals surface area contributed by atoms with Crippen LogP contribution in [0.4, 0.5) is 5.69 Å². The summed E-state index contributed by atoms with van der Waals surface area (Å²) in [5.41, 5.74) is 6.45. The lowest BCUT2D eigenvalue weighted by Crippen LogP contribution is -2.05. The van der Waals surface area contributed by atoms with Crippen LogP contribution in [0, 0.1) is 0 Å². The zero-order valence-electron chi connectivity index (χ0n) is 8.42. The van der Waals surface area contributed by atoms with Crippen LogP contribution in [0.15, 0.2) is 42.7 Å². The highest BCUT2D eigenvalue weighted by Gasteiger charge is 2.13. The molecule has 0 aliphatic rings. The normalized spacial score (nSPS) is 10.0. The van der Waals surface area contributed by atoms with E-state index in [1.165, 1.54) is 12.3 Å². The maximum Gasteiger partial charge on any atom is 0.196 e. The predicted octanol–water partition coefficient (Wildman–Crippen LogP) is 1.60. The fraction of sp³-hybridized carbons (Fsp3) is 0. The predicted molar refractivity (Wildman–Crippen MR) is 60.2 cm³/mol. The molecule has 0 radical (unpaired) electrons. The number of phenols is 1. The Morgan fingerprint density at radius 3 is 2.75 bits per heavy atom. The topological polar surface area (TPSA) is 76.2 Å². The van der Waals surface area contributed by atoms with Gasteiger partial charge in [-0.15, -0.1) is 0 Å². The van der Waals surface area contributed by atoms with E-state index in [1.54, 1.807) is 30.5 Å². The van der Waals surface area contributed by atoms with E-state index in [0.29, 0.717) is 5.56 Å². The Morgan fingerprint density at radius 1 is 1.25 bits per heavy atom. The minimum absolute atomic E-state index is 0.0882. The summed E-state index contributed by atoms with van der Waals surface area (Å²) in [5, 5.41) is 9.40. The summed E-state index contributed by atoms with van der Waals surface area (Å²) in [4.78, 5) is 15.8. The van der Waals surface area contributed by atoms with Gasteiger partial charge in [0.15, 0.2) is 5.78 Å². The van der Waals surface area contributed by atoms with Gasteiger partial charge >= 0.3 is 0 Å². The van der Waals surface area contributed by atoms with Gasteiger partial charge in [0, 0.05) is 23.5 Å². The zero-order valence-corrected chi connectivity index (χ0v) is 8.42. The molecule has 0 saturated heterocycles. The number of nitrogens with two attached hydrogens (primary N) is 1. The van der Waals surface area contributed by atoms with E-state index in [2.05, 4.69) is 4.98 Å². The smallest absolute Gasteiger partial charge is 0.196 e. The number of hydrogen-bond donors (Lipinski definition) is 2. The van der Waals surface area contributed by atoms with Crippen molar-refractivity contribution in [3.8, 4) is 5.75 Å². The van der Waals surface area contributed by atoms with Gasteiger partial charge in [-0.1, -0.05) is 6.07 Å². The number of nitrogen functional groups attached to an aromatic ring is 1. The second kappa shape index (κ2) is 4.02. The molecule has 0 bridgehead atoms. The van der Waals surface area contributed by atoms with Crippen molar-refractivity contribution in [2.75, 3.05) is 5.73 Å². The van der Waals surface area contributed by atoms with E-state index in [9.17, 15) is 9.90 Å². The van der Waals surface area contributed by atoms with Gasteiger partial charge in [-0.05, 0) is 24.3 Å². The van der Waals surface area contributed by atoms with Gasteiger partial charge in [0.1, 0.15) is 5.75 Å². The quantitative estimate of drug-likeness (QED) is 0.452. The van der Waals surface area contributed by atoms with Gasteiger partial charge in [0.2, 0.25) is 0 Å². The van der Waals surface area contributed by atoms with Crippen LogP contribution in [-0.2, 0) is 0 Å². The molecule has 0 fully saturated rings. The first-order chi connectivity index (χ1) is 7.70. The number of benzene rings is 1. The van der Waals surface area contributed by atoms with E-state index < -0.39 is 0 Å². The number of rotatable bonds is 2. The highest BCUT2D eigenvalue weighted by molar-refractivity contribution is 6.12. The third-order valence-electron chi connectivity index (χ3n) is 2.25. The average Bonchev–Trinajstić information content (AvgIpc) is 2.33. The molecular formula is C12H10N2O2. The number of nitrogens with zero attached hydrogens (tertiary/aromatic N) is 1. The van der Waals surface area contributed by atoms with Crippen LogP contribution in [0.3, 0.4) is 0 Å². The molecule has 2 rings (SSSR count). The minimum atomic E-state index is -0.249. The summed E-state index contributed by atoms with van der Waals surface area (Å²) in [6.45, 7) is 0. The first-order valence-corrected chi connectivity index (χ1v) is 4.72. The molecule has 1 aromatic heterocycles. The molecule has 3 N–H and O–H groups in total. The SMILES string of the molecule is Nc1c(O)cccc1C(=O)c1cccnc1. The van der Waals surface area contributed by atoms with E-state index in [0.717, 1.165) is 0 Å². The largest absolute Gasteiger partial charge is 0.506 e. The van der Waals surface area contributed by atoms with Crippen molar-refractivity contribution in [1.29, 1.82) is 0 Å². The lowest BCUT2D eigenvalue weighted by Gasteiger charge is -2.05. The molecule has 16 heavy (non-hydrogen) atoms. The minimum Gasteiger partial charge on any atom is -0.506 e. The van der Waals surface area contributed by atoms with E-state index in [-0.39, 0.29) is 22.8 Å². The van der Waals surface area contributed by atoms with Crippen molar-refractivity contribution in [3.63, 3.8) is 0 Å². The Kier molecular flexibility index (Phi) is 2.55. The van der Waals surface area contributed by atoms with E-state index in [1.807, 2.05) is 0 Å². The standard InChI is InChI=1S/C12H10N2O2/c13-11-9(4-1-5-10(11)15)12(16)8-3-2-6-14-7-8/h1-7,15H,13H2. The first kappa shape index (κ1) is 10.2. The number of aromatic hydroxyl groups is 1. The number of phenolic OH excluding ortho intramolecular Hbond substituents is 1. The zero-order chi connectivity index (χ0) is 11.5. The summed E-state index contributed by atoms with van der Waals surface area (Å²) in [5.74, 6) is -0.337. The molecule has 4 nitrogen and oxygen atoms in total. The monoisotopic (exact) mass is 214 g/mol. The summed E-state index contributed by atoms with van der Waals surface area (Å²) >= 11 is 0. The summed E-state index contributed by atoms with van der Waals surface area (Å²) in [6, 6.07) is 7.92. The number of carbonyl (C=O) groups is 1. The Balaban J connectivity index is 2.46. The number of anilines is 1. The molecule has 0 amide bonds. The summed E-state index contributed by atoms with van der Waals surface area (Å²) in [7, 11) is 0. The molecule has 0 spiro atoms. The molecule has 2 aromatic rings. The number of pyridine rings is 1. The van der Waals surface area contributed by atoms with Gasteiger partial charge in [-0.25, -0.2) is 0 Å². The maximum absolute atomic E-state index is 12.0. The van der Waals surface area contributed by atoms with Crippen LogP contribution in [-0.4, -0.2) is 15.9 Å². The average molecular weight is 214 g/mol. The molecular weight excluding hydrogens is 204 g/mol. The molecule has 80 valence electrons. The highest BCUT2D eigenvalue weighted by atomic mass is 16.3. The Morgan fingerprint density at radius 2 is 2.06 bits per heavy atom. The number of aromatic nitrogens is 1. The Labute approximate surface area is 92.4 Å². The summed E-state index contributed by atoms with van der Waals surface area (Å²) < 4.78 is 0. The highest BCUT2D eigenvalue weighted by Crippen LogP contribution is 2.25. The van der Waals surface area contributed by atoms with Crippen molar-refractivity contribution in [3.05, 3.63) is 53.9 Å². The van der Waals surface area contributed by atoms with Gasteiger partial charge in [0.25, 0.3) is 0 Å². The van der Waals surface area contributed by atoms with Crippen molar-refractivity contribution < 1.29 is 9.90 Å². The molecule has 0 aliphatic heterocycles. The van der Waals surface area contributed by atoms with Gasteiger partial charge < -0.3 is 10.8 Å². The third-order valence-corrected chi connectivity index (χ3v) is 2.25. The molecule has 4 heteroatoms. The number of carbonyl (C=O) groups excluding carboxylic acids is 1. The fourth-order valence-electron chi connectivity index (χ4n) is 1.40. The lowest BCUT2D eigenvalue weighted by atomic mass is 10.0. The van der Waals surface area contributed by atoms with Crippen LogP contribution in [0.5, 0.6) is 5.75 Å². The summed E-state index contributed by atoms with van der Waals surface area (Å²) in [6.07, 6.45) is 3.05. The molecule has 0 aliphatic carbocycles. The molecule has 0 unspecified atom stereocenters. The van der Waals surface area contributed by atoms with E-state index >= 15 is 0 Å². The van der Waals surface area contributed by atoms with Crippen LogP contribution in [0.1, 0.15) is 15.9 Å². The van der Waals surface area contributed by atoms with Gasteiger partial charge in [0.05, 0.1) is 5.69 Å². The van der Waals surface area contributed by atoms with Crippen LogP contribution in [0.2, 0.25) is 0 Å². The van der Waals surface area contributed by atoms with Gasteiger partial charge in [-0.2, -0.15) is 0 Å². The molecule has 1 heterocycles. The second-order valence-electron chi connectivity index (χ2n) is 3.31. The number of para-hydroxylation sites is 1.